The van der Waals surface area contributed by atoms with Crippen molar-refractivity contribution >= 4 is 0 Å². The van der Waals surface area contributed by atoms with Gasteiger partial charge >= 0.3 is 0 Å². The Labute approximate surface area is 136 Å². The van der Waals surface area contributed by atoms with E-state index in [9.17, 15) is 0 Å². The third-order valence-corrected chi connectivity index (χ3v) is 4.37. The molecule has 3 heteroatoms. The van der Waals surface area contributed by atoms with E-state index in [-0.39, 0.29) is 12.3 Å². The Kier molecular flexibility index (Phi) is 3.97. The first kappa shape index (κ1) is 14.2. The van der Waals surface area contributed by atoms with Crippen LogP contribution >= 0.6 is 0 Å². The first-order valence-corrected chi connectivity index (χ1v) is 8.02. The Balaban J connectivity index is 1.61. The number of quaternary nitrogens is 1. The molecule has 1 aliphatic heterocycles. The summed E-state index contributed by atoms with van der Waals surface area (Å²) in [6, 6.07) is 24.9. The van der Waals surface area contributed by atoms with E-state index in [1.807, 2.05) is 24.3 Å². The minimum absolute atomic E-state index is 0.0338. The highest BCUT2D eigenvalue weighted by Gasteiger charge is 2.38. The van der Waals surface area contributed by atoms with Gasteiger partial charge in [0.05, 0.1) is 6.26 Å². The van der Waals surface area contributed by atoms with Gasteiger partial charge in [0.1, 0.15) is 19.2 Å². The van der Waals surface area contributed by atoms with Gasteiger partial charge in [-0.3, -0.25) is 4.90 Å². The summed E-state index contributed by atoms with van der Waals surface area (Å²) in [5, 5.41) is 0. The lowest BCUT2D eigenvalue weighted by Crippen LogP contribution is -3.09. The van der Waals surface area contributed by atoms with Crippen LogP contribution in [-0.2, 0) is 11.3 Å². The average Bonchev–Trinajstić information content (AvgIpc) is 3.27. The summed E-state index contributed by atoms with van der Waals surface area (Å²) in [5.41, 5.74) is 2.45. The number of hydrogen-bond donors (Lipinski definition) is 1. The molecule has 2 aromatic carbocycles. The number of nitrogens with one attached hydrogen (secondary N) is 1. The lowest BCUT2D eigenvalue weighted by Gasteiger charge is -2.18. The van der Waals surface area contributed by atoms with Gasteiger partial charge < -0.3 is 9.15 Å². The average molecular weight is 306 g/mol. The standard InChI is InChI=1S/C20H19NO2/c1-3-8-16(9-4-1)19-15-21(14-18-12-7-13-22-18)20(23-19)17-10-5-2-6-11-17/h1-13,19-20H,14-15H2/p+1/t19-,20+/m1/s1. The molecule has 116 valence electrons. The molecule has 0 spiro atoms. The van der Waals surface area contributed by atoms with Crippen molar-refractivity contribution in [3.8, 4) is 0 Å². The molecule has 1 saturated heterocycles. The summed E-state index contributed by atoms with van der Waals surface area (Å²) in [4.78, 5) is 1.38. The molecule has 1 aromatic heterocycles. The van der Waals surface area contributed by atoms with Crippen LogP contribution in [0.15, 0.2) is 83.5 Å². The van der Waals surface area contributed by atoms with Crippen LogP contribution in [0.2, 0.25) is 0 Å². The third-order valence-electron chi connectivity index (χ3n) is 4.37. The van der Waals surface area contributed by atoms with E-state index in [1.54, 1.807) is 6.26 Å². The second kappa shape index (κ2) is 6.41. The number of ether oxygens (including phenoxy) is 1. The summed E-state index contributed by atoms with van der Waals surface area (Å²) in [7, 11) is 0. The minimum atomic E-state index is 0.0338. The van der Waals surface area contributed by atoms with Crippen LogP contribution in [-0.4, -0.2) is 6.54 Å². The molecule has 0 bridgehead atoms. The molecule has 1 fully saturated rings. The van der Waals surface area contributed by atoms with Crippen molar-refractivity contribution in [3.05, 3.63) is 95.9 Å². The molecule has 0 radical (unpaired) electrons. The maximum absolute atomic E-state index is 6.42. The summed E-state index contributed by atoms with van der Waals surface area (Å²) >= 11 is 0. The maximum atomic E-state index is 6.42. The Morgan fingerprint density at radius 3 is 2.17 bits per heavy atom. The minimum Gasteiger partial charge on any atom is -0.463 e. The second-order valence-electron chi connectivity index (χ2n) is 5.94. The molecule has 1 N–H and O–H groups in total. The lowest BCUT2D eigenvalue weighted by atomic mass is 10.1. The quantitative estimate of drug-likeness (QED) is 0.801. The molecule has 1 unspecified atom stereocenters. The number of benzene rings is 2. The molecule has 3 atom stereocenters. The third kappa shape index (κ3) is 3.07. The molecule has 0 amide bonds. The zero-order valence-electron chi connectivity index (χ0n) is 12.9. The van der Waals surface area contributed by atoms with Gasteiger partial charge in [-0.15, -0.1) is 0 Å². The van der Waals surface area contributed by atoms with Gasteiger partial charge in [-0.25, -0.2) is 0 Å². The van der Waals surface area contributed by atoms with Crippen molar-refractivity contribution in [2.24, 2.45) is 0 Å². The molecular weight excluding hydrogens is 286 g/mol. The summed E-state index contributed by atoms with van der Waals surface area (Å²) in [6.45, 7) is 1.76. The fraction of sp³-hybridized carbons (Fsp3) is 0.200. The summed E-state index contributed by atoms with van der Waals surface area (Å²) < 4.78 is 12.0. The van der Waals surface area contributed by atoms with Crippen LogP contribution in [0.3, 0.4) is 0 Å². The fourth-order valence-corrected chi connectivity index (χ4v) is 3.26. The van der Waals surface area contributed by atoms with E-state index in [4.69, 9.17) is 9.15 Å². The van der Waals surface area contributed by atoms with Gasteiger partial charge in [0.2, 0.25) is 6.23 Å². The van der Waals surface area contributed by atoms with E-state index >= 15 is 0 Å². The van der Waals surface area contributed by atoms with E-state index in [0.717, 1.165) is 18.8 Å². The van der Waals surface area contributed by atoms with E-state index < -0.39 is 0 Å². The molecule has 4 rings (SSSR count). The number of hydrogen-bond acceptors (Lipinski definition) is 2. The Morgan fingerprint density at radius 2 is 1.52 bits per heavy atom. The van der Waals surface area contributed by atoms with E-state index in [2.05, 4.69) is 48.5 Å². The Bertz CT molecular complexity index is 725. The molecule has 1 aliphatic rings. The molecule has 0 saturated carbocycles. The summed E-state index contributed by atoms with van der Waals surface area (Å²) in [6.07, 6.45) is 1.88. The van der Waals surface area contributed by atoms with Crippen LogP contribution in [0.5, 0.6) is 0 Å². The molecule has 23 heavy (non-hydrogen) atoms. The van der Waals surface area contributed by atoms with Gasteiger partial charge in [-0.1, -0.05) is 60.7 Å². The van der Waals surface area contributed by atoms with E-state index in [1.165, 1.54) is 16.0 Å². The first-order chi connectivity index (χ1) is 11.4. The fourth-order valence-electron chi connectivity index (χ4n) is 3.26. The molecule has 0 aliphatic carbocycles. The van der Waals surface area contributed by atoms with Gasteiger partial charge in [-0.2, -0.15) is 0 Å². The van der Waals surface area contributed by atoms with Crippen molar-refractivity contribution in [2.75, 3.05) is 6.54 Å². The number of rotatable bonds is 4. The molecule has 3 aromatic rings. The van der Waals surface area contributed by atoms with Gasteiger partial charge in [0.15, 0.2) is 5.76 Å². The number of furan rings is 1. The van der Waals surface area contributed by atoms with Crippen LogP contribution < -0.4 is 4.90 Å². The van der Waals surface area contributed by atoms with Crippen molar-refractivity contribution in [2.45, 2.75) is 18.9 Å². The second-order valence-corrected chi connectivity index (χ2v) is 5.94. The highest BCUT2D eigenvalue weighted by molar-refractivity contribution is 5.20. The van der Waals surface area contributed by atoms with Gasteiger partial charge in [-0.05, 0) is 17.7 Å². The van der Waals surface area contributed by atoms with Gasteiger partial charge in [0, 0.05) is 5.56 Å². The van der Waals surface area contributed by atoms with E-state index in [0.29, 0.717) is 0 Å². The maximum Gasteiger partial charge on any atom is 0.219 e. The molecule has 3 nitrogen and oxygen atoms in total. The van der Waals surface area contributed by atoms with Crippen LogP contribution in [0, 0.1) is 0 Å². The predicted molar refractivity (Wildman–Crippen MR) is 87.7 cm³/mol. The molecular formula is C20H20NO2+. The van der Waals surface area contributed by atoms with Crippen molar-refractivity contribution in [1.82, 2.24) is 0 Å². The van der Waals surface area contributed by atoms with Crippen LogP contribution in [0.4, 0.5) is 0 Å². The topological polar surface area (TPSA) is 26.8 Å². The predicted octanol–water partition coefficient (Wildman–Crippen LogP) is 3.13. The highest BCUT2D eigenvalue weighted by Crippen LogP contribution is 2.27. The van der Waals surface area contributed by atoms with Crippen LogP contribution in [0.25, 0.3) is 0 Å². The zero-order chi connectivity index (χ0) is 15.5. The van der Waals surface area contributed by atoms with Crippen LogP contribution in [0.1, 0.15) is 29.2 Å². The smallest absolute Gasteiger partial charge is 0.219 e. The van der Waals surface area contributed by atoms with Crippen molar-refractivity contribution in [3.63, 3.8) is 0 Å². The molecule has 2 heterocycles. The monoisotopic (exact) mass is 306 g/mol. The van der Waals surface area contributed by atoms with Crippen molar-refractivity contribution < 1.29 is 14.1 Å². The normalized spacial score (nSPS) is 23.9. The van der Waals surface area contributed by atoms with Gasteiger partial charge in [0.25, 0.3) is 0 Å². The van der Waals surface area contributed by atoms with Crippen molar-refractivity contribution in [1.29, 1.82) is 0 Å². The summed E-state index contributed by atoms with van der Waals surface area (Å²) in [5.74, 6) is 0.998. The largest absolute Gasteiger partial charge is 0.463 e. The lowest BCUT2D eigenvalue weighted by molar-refractivity contribution is -0.946. The Hall–Kier alpha value is -2.36. The zero-order valence-corrected chi connectivity index (χ0v) is 12.9. The SMILES string of the molecule is c1ccc([C@H]2C[NH+](Cc3ccco3)[C@H](c3ccccc3)O2)cc1. The highest BCUT2D eigenvalue weighted by atomic mass is 16.5. The first-order valence-electron chi connectivity index (χ1n) is 8.02. The Morgan fingerprint density at radius 1 is 0.826 bits per heavy atom.